The first-order valence-electron chi connectivity index (χ1n) is 7.69. The van der Waals surface area contributed by atoms with Crippen molar-refractivity contribution in [3.63, 3.8) is 0 Å². The zero-order valence-corrected chi connectivity index (χ0v) is 12.4. The quantitative estimate of drug-likeness (QED) is 0.699. The third-order valence-corrected chi connectivity index (χ3v) is 4.02. The summed E-state index contributed by atoms with van der Waals surface area (Å²) in [5.74, 6) is -0.0428. The van der Waals surface area contributed by atoms with Gasteiger partial charge >= 0.3 is 0 Å². The average Bonchev–Trinajstić information content (AvgIpc) is 2.50. The van der Waals surface area contributed by atoms with Crippen LogP contribution in [0.25, 0.3) is 0 Å². The van der Waals surface area contributed by atoms with Gasteiger partial charge in [-0.25, -0.2) is 0 Å². The van der Waals surface area contributed by atoms with Gasteiger partial charge in [0.2, 0.25) is 5.91 Å². The van der Waals surface area contributed by atoms with Crippen LogP contribution in [0.1, 0.15) is 32.1 Å². The fourth-order valence-electron chi connectivity index (χ4n) is 2.92. The third kappa shape index (κ3) is 5.02. The Hall–Kier alpha value is -1.59. The van der Waals surface area contributed by atoms with Crippen LogP contribution in [0.4, 0.5) is 11.4 Å². The minimum Gasteiger partial charge on any atom is -0.399 e. The first-order valence-corrected chi connectivity index (χ1v) is 7.69. The fourth-order valence-corrected chi connectivity index (χ4v) is 2.92. The van der Waals surface area contributed by atoms with E-state index in [0.717, 1.165) is 18.5 Å². The van der Waals surface area contributed by atoms with Gasteiger partial charge in [0.1, 0.15) is 0 Å². The molecule has 0 aliphatic heterocycles. The number of hydrogen-bond acceptors (Lipinski definition) is 4. The molecule has 0 saturated heterocycles. The maximum Gasteiger partial charge on any atom is 0.238 e. The van der Waals surface area contributed by atoms with Crippen LogP contribution in [0.5, 0.6) is 0 Å². The smallest absolute Gasteiger partial charge is 0.238 e. The van der Waals surface area contributed by atoms with Crippen LogP contribution in [0, 0.1) is 0 Å². The molecule has 116 valence electrons. The lowest BCUT2D eigenvalue weighted by molar-refractivity contribution is -0.118. The van der Waals surface area contributed by atoms with Gasteiger partial charge in [-0.15, -0.1) is 0 Å². The summed E-state index contributed by atoms with van der Waals surface area (Å²) in [6, 6.07) is 7.54. The highest BCUT2D eigenvalue weighted by molar-refractivity contribution is 5.92. The monoisotopic (exact) mass is 291 g/mol. The van der Waals surface area contributed by atoms with Gasteiger partial charge in [0.05, 0.1) is 13.2 Å². The van der Waals surface area contributed by atoms with E-state index in [4.69, 9.17) is 5.73 Å². The van der Waals surface area contributed by atoms with E-state index in [9.17, 15) is 9.90 Å². The van der Waals surface area contributed by atoms with Gasteiger partial charge < -0.3 is 16.2 Å². The fraction of sp³-hybridized carbons (Fsp3) is 0.562. The molecular formula is C16H25N3O2. The van der Waals surface area contributed by atoms with Crippen molar-refractivity contribution in [2.75, 3.05) is 30.7 Å². The van der Waals surface area contributed by atoms with E-state index >= 15 is 0 Å². The zero-order valence-electron chi connectivity index (χ0n) is 12.4. The van der Waals surface area contributed by atoms with E-state index in [1.165, 1.54) is 19.3 Å². The lowest BCUT2D eigenvalue weighted by Gasteiger charge is -2.33. The van der Waals surface area contributed by atoms with E-state index in [2.05, 4.69) is 10.2 Å². The molecule has 0 radical (unpaired) electrons. The van der Waals surface area contributed by atoms with Crippen molar-refractivity contribution in [2.45, 2.75) is 38.1 Å². The van der Waals surface area contributed by atoms with Crippen LogP contribution >= 0.6 is 0 Å². The topological polar surface area (TPSA) is 78.6 Å². The molecule has 1 fully saturated rings. The predicted molar refractivity (Wildman–Crippen MR) is 85.0 cm³/mol. The first-order chi connectivity index (χ1) is 10.2. The molecule has 4 N–H and O–H groups in total. The normalized spacial score (nSPS) is 16.1. The second-order valence-electron chi connectivity index (χ2n) is 5.66. The number of aliphatic hydroxyl groups excluding tert-OH is 1. The second kappa shape index (κ2) is 8.00. The lowest BCUT2D eigenvalue weighted by Crippen LogP contribution is -2.43. The Morgan fingerprint density at radius 2 is 1.90 bits per heavy atom. The Kier molecular flexibility index (Phi) is 6.02. The zero-order chi connectivity index (χ0) is 15.1. The van der Waals surface area contributed by atoms with Crippen molar-refractivity contribution < 1.29 is 9.90 Å². The van der Waals surface area contributed by atoms with Crippen LogP contribution in [-0.4, -0.2) is 41.7 Å². The summed E-state index contributed by atoms with van der Waals surface area (Å²) in [6.45, 7) is 0.973. The average molecular weight is 291 g/mol. The molecule has 1 saturated carbocycles. The molecule has 0 heterocycles. The molecule has 0 spiro atoms. The summed E-state index contributed by atoms with van der Waals surface area (Å²) >= 11 is 0. The van der Waals surface area contributed by atoms with E-state index in [0.29, 0.717) is 24.8 Å². The standard InChI is InChI=1S/C16H25N3O2/c17-13-6-8-14(9-7-13)18-16(21)12-19(10-11-20)15-4-2-1-3-5-15/h6-9,15,20H,1-5,10-12,17H2,(H,18,21). The van der Waals surface area contributed by atoms with Gasteiger partial charge in [-0.3, -0.25) is 9.69 Å². The summed E-state index contributed by atoms with van der Waals surface area (Å²) in [4.78, 5) is 14.3. The molecule has 5 heteroatoms. The van der Waals surface area contributed by atoms with E-state index in [1.807, 2.05) is 0 Å². The summed E-state index contributed by atoms with van der Waals surface area (Å²) in [6.07, 6.45) is 5.95. The Labute approximate surface area is 126 Å². The largest absolute Gasteiger partial charge is 0.399 e. The minimum atomic E-state index is -0.0428. The minimum absolute atomic E-state index is 0.0428. The van der Waals surface area contributed by atoms with Crippen LogP contribution in [0.2, 0.25) is 0 Å². The third-order valence-electron chi connectivity index (χ3n) is 4.02. The number of benzene rings is 1. The molecule has 21 heavy (non-hydrogen) atoms. The van der Waals surface area contributed by atoms with Gasteiger partial charge in [0, 0.05) is 24.0 Å². The highest BCUT2D eigenvalue weighted by Crippen LogP contribution is 2.22. The molecule has 1 aromatic rings. The number of nitrogen functional groups attached to an aromatic ring is 1. The number of hydrogen-bond donors (Lipinski definition) is 3. The lowest BCUT2D eigenvalue weighted by atomic mass is 9.94. The second-order valence-corrected chi connectivity index (χ2v) is 5.66. The van der Waals surface area contributed by atoms with Crippen molar-refractivity contribution in [3.8, 4) is 0 Å². The SMILES string of the molecule is Nc1ccc(NC(=O)CN(CCO)C2CCCCC2)cc1. The van der Waals surface area contributed by atoms with E-state index in [-0.39, 0.29) is 12.5 Å². The number of nitrogens with zero attached hydrogens (tertiary/aromatic N) is 1. The number of rotatable bonds is 6. The summed E-state index contributed by atoms with van der Waals surface area (Å²) in [7, 11) is 0. The summed E-state index contributed by atoms with van der Waals surface area (Å²) in [5, 5.41) is 12.1. The highest BCUT2D eigenvalue weighted by Gasteiger charge is 2.22. The molecule has 5 nitrogen and oxygen atoms in total. The molecule has 0 unspecified atom stereocenters. The predicted octanol–water partition coefficient (Wildman–Crippen LogP) is 1.83. The van der Waals surface area contributed by atoms with Crippen LogP contribution < -0.4 is 11.1 Å². The first kappa shape index (κ1) is 15.8. The molecule has 1 aromatic carbocycles. The Morgan fingerprint density at radius 1 is 1.24 bits per heavy atom. The van der Waals surface area contributed by atoms with Crippen LogP contribution in [0.3, 0.4) is 0 Å². The summed E-state index contributed by atoms with van der Waals surface area (Å²) < 4.78 is 0. The van der Waals surface area contributed by atoms with Crippen molar-refractivity contribution in [1.29, 1.82) is 0 Å². The van der Waals surface area contributed by atoms with E-state index < -0.39 is 0 Å². The number of nitrogens with two attached hydrogens (primary N) is 1. The number of anilines is 2. The number of nitrogens with one attached hydrogen (secondary N) is 1. The number of carbonyl (C=O) groups excluding carboxylic acids is 1. The van der Waals surface area contributed by atoms with Gasteiger partial charge in [0.15, 0.2) is 0 Å². The molecule has 0 aromatic heterocycles. The van der Waals surface area contributed by atoms with Crippen molar-refractivity contribution >= 4 is 17.3 Å². The Balaban J connectivity index is 1.89. The molecule has 2 rings (SSSR count). The number of carbonyl (C=O) groups is 1. The highest BCUT2D eigenvalue weighted by atomic mass is 16.3. The molecule has 0 atom stereocenters. The van der Waals surface area contributed by atoms with Crippen LogP contribution in [0.15, 0.2) is 24.3 Å². The molecular weight excluding hydrogens is 266 g/mol. The molecule has 1 amide bonds. The number of aliphatic hydroxyl groups is 1. The maximum absolute atomic E-state index is 12.2. The summed E-state index contributed by atoms with van der Waals surface area (Å²) in [5.41, 5.74) is 7.06. The van der Waals surface area contributed by atoms with Gasteiger partial charge in [-0.2, -0.15) is 0 Å². The van der Waals surface area contributed by atoms with Gasteiger partial charge in [0.25, 0.3) is 0 Å². The van der Waals surface area contributed by atoms with Crippen molar-refractivity contribution in [2.24, 2.45) is 0 Å². The van der Waals surface area contributed by atoms with Crippen molar-refractivity contribution in [1.82, 2.24) is 4.90 Å². The number of amides is 1. The molecule has 0 bridgehead atoms. The molecule has 1 aliphatic rings. The van der Waals surface area contributed by atoms with Gasteiger partial charge in [-0.1, -0.05) is 19.3 Å². The van der Waals surface area contributed by atoms with Gasteiger partial charge in [-0.05, 0) is 37.1 Å². The maximum atomic E-state index is 12.2. The van der Waals surface area contributed by atoms with Crippen LogP contribution in [-0.2, 0) is 4.79 Å². The van der Waals surface area contributed by atoms with Crippen molar-refractivity contribution in [3.05, 3.63) is 24.3 Å². The van der Waals surface area contributed by atoms with E-state index in [1.54, 1.807) is 24.3 Å². The Bertz CT molecular complexity index is 441. The molecule has 1 aliphatic carbocycles. The Morgan fingerprint density at radius 3 is 2.52 bits per heavy atom.